The summed E-state index contributed by atoms with van der Waals surface area (Å²) in [6.45, 7) is 4.13. The molecule has 0 bridgehead atoms. The smallest absolute Gasteiger partial charge is 0.292 e. The fourth-order valence-corrected chi connectivity index (χ4v) is 4.20. The van der Waals surface area contributed by atoms with Gasteiger partial charge in [-0.3, -0.25) is 14.9 Å². The monoisotopic (exact) mass is 408 g/mol. The van der Waals surface area contributed by atoms with Crippen molar-refractivity contribution in [1.29, 1.82) is 0 Å². The first-order chi connectivity index (χ1) is 14.0. The predicted octanol–water partition coefficient (Wildman–Crippen LogP) is 3.99. The summed E-state index contributed by atoms with van der Waals surface area (Å²) in [6, 6.07) is 14.8. The molecule has 3 aromatic rings. The molecule has 29 heavy (non-hydrogen) atoms. The van der Waals surface area contributed by atoms with E-state index >= 15 is 0 Å². The summed E-state index contributed by atoms with van der Waals surface area (Å²) in [5.41, 5.74) is 3.32. The molecule has 0 unspecified atom stereocenters. The van der Waals surface area contributed by atoms with Crippen LogP contribution >= 0.6 is 11.3 Å². The first kappa shape index (κ1) is 19.1. The van der Waals surface area contributed by atoms with Gasteiger partial charge in [0.25, 0.3) is 11.6 Å². The van der Waals surface area contributed by atoms with E-state index in [1.54, 1.807) is 28.5 Å². The van der Waals surface area contributed by atoms with Gasteiger partial charge in [0, 0.05) is 43.2 Å². The first-order valence-electron chi connectivity index (χ1n) is 9.33. The molecule has 0 aliphatic carbocycles. The Balaban J connectivity index is 1.43. The number of piperazine rings is 1. The highest BCUT2D eigenvalue weighted by Gasteiger charge is 2.27. The number of hydrogen-bond acceptors (Lipinski definition) is 6. The van der Waals surface area contributed by atoms with E-state index in [2.05, 4.69) is 4.98 Å². The Morgan fingerprint density at radius 2 is 1.76 bits per heavy atom. The molecule has 0 radical (unpaired) electrons. The van der Waals surface area contributed by atoms with Crippen LogP contribution in [0.4, 0.5) is 11.4 Å². The number of aromatic nitrogens is 1. The van der Waals surface area contributed by atoms with Crippen molar-refractivity contribution in [2.24, 2.45) is 0 Å². The van der Waals surface area contributed by atoms with Crippen molar-refractivity contribution < 1.29 is 9.72 Å². The zero-order valence-electron chi connectivity index (χ0n) is 15.9. The van der Waals surface area contributed by atoms with Gasteiger partial charge in [-0.25, -0.2) is 4.98 Å². The van der Waals surface area contributed by atoms with Crippen LogP contribution in [0.3, 0.4) is 0 Å². The second-order valence-electron chi connectivity index (χ2n) is 6.93. The fraction of sp³-hybridized carbons (Fsp3) is 0.238. The Morgan fingerprint density at radius 3 is 2.45 bits per heavy atom. The number of rotatable bonds is 4. The first-order valence-corrected chi connectivity index (χ1v) is 10.2. The van der Waals surface area contributed by atoms with Crippen LogP contribution in [0.1, 0.15) is 16.1 Å². The number of carbonyl (C=O) groups excluding carboxylic acids is 1. The maximum Gasteiger partial charge on any atom is 0.292 e. The van der Waals surface area contributed by atoms with Crippen molar-refractivity contribution in [2.45, 2.75) is 6.92 Å². The molecule has 0 saturated carbocycles. The van der Waals surface area contributed by atoms with E-state index in [-0.39, 0.29) is 16.5 Å². The predicted molar refractivity (Wildman–Crippen MR) is 113 cm³/mol. The van der Waals surface area contributed by atoms with Crippen LogP contribution in [0.15, 0.2) is 53.9 Å². The molecule has 1 amide bonds. The molecule has 1 fully saturated rings. The van der Waals surface area contributed by atoms with Crippen LogP contribution in [-0.2, 0) is 0 Å². The number of para-hydroxylation sites is 2. The van der Waals surface area contributed by atoms with E-state index in [0.717, 1.165) is 10.6 Å². The van der Waals surface area contributed by atoms with E-state index in [1.807, 2.05) is 36.1 Å². The van der Waals surface area contributed by atoms with Crippen molar-refractivity contribution in [3.05, 3.63) is 75.3 Å². The minimum Gasteiger partial charge on any atom is -0.362 e. The molecule has 0 atom stereocenters. The molecule has 1 saturated heterocycles. The van der Waals surface area contributed by atoms with Crippen molar-refractivity contribution in [2.75, 3.05) is 31.1 Å². The number of thiazole rings is 1. The molecule has 7 nitrogen and oxygen atoms in total. The molecule has 2 heterocycles. The van der Waals surface area contributed by atoms with E-state index in [4.69, 9.17) is 0 Å². The van der Waals surface area contributed by atoms with Crippen LogP contribution in [0.25, 0.3) is 10.6 Å². The number of benzene rings is 2. The Hall–Kier alpha value is -3.26. The van der Waals surface area contributed by atoms with Gasteiger partial charge in [-0.1, -0.05) is 42.0 Å². The average molecular weight is 408 g/mol. The van der Waals surface area contributed by atoms with Gasteiger partial charge in [-0.05, 0) is 13.0 Å². The van der Waals surface area contributed by atoms with Gasteiger partial charge in [-0.2, -0.15) is 0 Å². The van der Waals surface area contributed by atoms with Crippen LogP contribution in [-0.4, -0.2) is 46.9 Å². The number of amides is 1. The van der Waals surface area contributed by atoms with Crippen molar-refractivity contribution in [3.8, 4) is 10.6 Å². The molecule has 148 valence electrons. The zero-order valence-corrected chi connectivity index (χ0v) is 16.8. The SMILES string of the molecule is Cc1ccc(-c2nc(C(=O)N3CCN(c4ccccc4[N+](=O)[O-])CC3)cs2)cc1. The number of nitrogens with zero attached hydrogens (tertiary/aromatic N) is 4. The molecule has 0 spiro atoms. The molecule has 2 aromatic carbocycles. The van der Waals surface area contributed by atoms with E-state index in [9.17, 15) is 14.9 Å². The lowest BCUT2D eigenvalue weighted by atomic mass is 10.2. The van der Waals surface area contributed by atoms with Gasteiger partial charge >= 0.3 is 0 Å². The van der Waals surface area contributed by atoms with Crippen LogP contribution in [0.5, 0.6) is 0 Å². The summed E-state index contributed by atoms with van der Waals surface area (Å²) < 4.78 is 0. The second-order valence-corrected chi connectivity index (χ2v) is 7.79. The molecular weight excluding hydrogens is 388 g/mol. The van der Waals surface area contributed by atoms with Crippen molar-refractivity contribution in [3.63, 3.8) is 0 Å². The quantitative estimate of drug-likeness (QED) is 0.482. The van der Waals surface area contributed by atoms with Crippen LogP contribution in [0.2, 0.25) is 0 Å². The summed E-state index contributed by atoms with van der Waals surface area (Å²) in [7, 11) is 0. The van der Waals surface area contributed by atoms with Gasteiger partial charge in [0.2, 0.25) is 0 Å². The molecule has 1 aliphatic heterocycles. The summed E-state index contributed by atoms with van der Waals surface area (Å²) in [5, 5.41) is 13.9. The number of anilines is 1. The van der Waals surface area contributed by atoms with Crippen molar-refractivity contribution >= 4 is 28.6 Å². The maximum atomic E-state index is 12.9. The highest BCUT2D eigenvalue weighted by atomic mass is 32.1. The minimum absolute atomic E-state index is 0.0921. The second kappa shape index (κ2) is 8.00. The number of aryl methyl sites for hydroxylation is 1. The van der Waals surface area contributed by atoms with E-state index < -0.39 is 0 Å². The Kier molecular flexibility index (Phi) is 5.26. The summed E-state index contributed by atoms with van der Waals surface area (Å²) in [4.78, 5) is 32.0. The van der Waals surface area contributed by atoms with Gasteiger partial charge in [0.15, 0.2) is 0 Å². The Morgan fingerprint density at radius 1 is 1.07 bits per heavy atom. The van der Waals surface area contributed by atoms with Crippen molar-refractivity contribution in [1.82, 2.24) is 9.88 Å². The third-order valence-corrected chi connectivity index (χ3v) is 5.90. The summed E-state index contributed by atoms with van der Waals surface area (Å²) in [6.07, 6.45) is 0. The maximum absolute atomic E-state index is 12.9. The molecule has 1 aromatic heterocycles. The lowest BCUT2D eigenvalue weighted by molar-refractivity contribution is -0.384. The molecule has 4 rings (SSSR count). The number of carbonyl (C=O) groups is 1. The van der Waals surface area contributed by atoms with Crippen LogP contribution in [0, 0.1) is 17.0 Å². The molecular formula is C21H20N4O3S. The van der Waals surface area contributed by atoms with E-state index in [1.165, 1.54) is 23.0 Å². The molecule has 1 aliphatic rings. The zero-order chi connectivity index (χ0) is 20.4. The van der Waals surface area contributed by atoms with Gasteiger partial charge in [0.1, 0.15) is 16.4 Å². The topological polar surface area (TPSA) is 79.6 Å². The fourth-order valence-electron chi connectivity index (χ4n) is 3.40. The lowest BCUT2D eigenvalue weighted by Crippen LogP contribution is -2.49. The van der Waals surface area contributed by atoms with Gasteiger partial charge in [0.05, 0.1) is 4.92 Å². The largest absolute Gasteiger partial charge is 0.362 e. The lowest BCUT2D eigenvalue weighted by Gasteiger charge is -2.35. The van der Waals surface area contributed by atoms with E-state index in [0.29, 0.717) is 37.6 Å². The highest BCUT2D eigenvalue weighted by molar-refractivity contribution is 7.13. The number of hydrogen-bond donors (Lipinski definition) is 0. The third kappa shape index (κ3) is 3.97. The molecule has 8 heteroatoms. The highest BCUT2D eigenvalue weighted by Crippen LogP contribution is 2.29. The minimum atomic E-state index is -0.366. The van der Waals surface area contributed by atoms with Crippen LogP contribution < -0.4 is 4.90 Å². The Bertz CT molecular complexity index is 1040. The number of nitro groups is 1. The number of nitro benzene ring substituents is 1. The standard InChI is InChI=1S/C21H20N4O3S/c1-15-6-8-16(9-7-15)20-22-17(14-29-20)21(26)24-12-10-23(11-13-24)18-4-2-3-5-19(18)25(27)28/h2-9,14H,10-13H2,1H3. The Labute approximate surface area is 172 Å². The average Bonchev–Trinajstić information content (AvgIpc) is 3.24. The summed E-state index contributed by atoms with van der Waals surface area (Å²) >= 11 is 1.46. The summed E-state index contributed by atoms with van der Waals surface area (Å²) in [5.74, 6) is -0.0955. The third-order valence-electron chi connectivity index (χ3n) is 5.01. The normalized spacial score (nSPS) is 14.1. The molecule has 0 N–H and O–H groups in total. The van der Waals surface area contributed by atoms with Gasteiger partial charge < -0.3 is 9.80 Å². The van der Waals surface area contributed by atoms with Gasteiger partial charge in [-0.15, -0.1) is 11.3 Å².